The quantitative estimate of drug-likeness (QED) is 0.762. The first-order valence-electron chi connectivity index (χ1n) is 6.70. The molecule has 3 rings (SSSR count). The van der Waals surface area contributed by atoms with Gasteiger partial charge in [-0.05, 0) is 30.7 Å². The third-order valence-electron chi connectivity index (χ3n) is 3.36. The Morgan fingerprint density at radius 2 is 1.96 bits per heavy atom. The van der Waals surface area contributed by atoms with Crippen molar-refractivity contribution in [2.75, 3.05) is 11.8 Å². The van der Waals surface area contributed by atoms with Gasteiger partial charge in [-0.2, -0.15) is 0 Å². The number of aromatic amines is 1. The molecule has 0 spiro atoms. The zero-order chi connectivity index (χ0) is 16.6. The molecule has 0 amide bonds. The number of aryl methyl sites for hydroxylation is 1. The number of methoxy groups -OCH3 is 1. The lowest BCUT2D eigenvalue weighted by Gasteiger charge is -2.13. The normalized spacial score (nSPS) is 11.6. The van der Waals surface area contributed by atoms with Gasteiger partial charge in [-0.15, -0.1) is 0 Å². The number of aromatic nitrogens is 1. The molecule has 1 aromatic heterocycles. The van der Waals surface area contributed by atoms with Crippen LogP contribution in [0, 0.1) is 6.92 Å². The predicted molar refractivity (Wildman–Crippen MR) is 85.4 cm³/mol. The van der Waals surface area contributed by atoms with Crippen LogP contribution in [-0.2, 0) is 10.0 Å². The van der Waals surface area contributed by atoms with E-state index in [4.69, 9.17) is 9.15 Å². The fourth-order valence-electron chi connectivity index (χ4n) is 2.31. The van der Waals surface area contributed by atoms with Crippen LogP contribution in [0.3, 0.4) is 0 Å². The first kappa shape index (κ1) is 15.2. The summed E-state index contributed by atoms with van der Waals surface area (Å²) in [7, 11) is -2.41. The molecular formula is C15H14N2O5S. The number of para-hydroxylation sites is 2. The third-order valence-corrected chi connectivity index (χ3v) is 4.86. The van der Waals surface area contributed by atoms with Gasteiger partial charge in [-0.25, -0.2) is 13.2 Å². The van der Waals surface area contributed by atoms with Crippen molar-refractivity contribution in [2.24, 2.45) is 0 Å². The van der Waals surface area contributed by atoms with Crippen LogP contribution in [0.2, 0.25) is 0 Å². The van der Waals surface area contributed by atoms with E-state index in [1.54, 1.807) is 37.3 Å². The molecule has 0 unspecified atom stereocenters. The van der Waals surface area contributed by atoms with Crippen LogP contribution in [0.5, 0.6) is 5.75 Å². The van der Waals surface area contributed by atoms with Gasteiger partial charge in [0.05, 0.1) is 23.2 Å². The summed E-state index contributed by atoms with van der Waals surface area (Å²) >= 11 is 0. The molecule has 0 saturated carbocycles. The van der Waals surface area contributed by atoms with Gasteiger partial charge in [0, 0.05) is 6.07 Å². The lowest BCUT2D eigenvalue weighted by atomic mass is 10.2. The number of ether oxygens (including phenoxy) is 1. The third kappa shape index (κ3) is 2.80. The van der Waals surface area contributed by atoms with Crippen LogP contribution in [0.25, 0.3) is 11.1 Å². The largest absolute Gasteiger partial charge is 0.495 e. The topological polar surface area (TPSA) is 101 Å². The maximum atomic E-state index is 12.6. The molecular weight excluding hydrogens is 320 g/mol. The lowest BCUT2D eigenvalue weighted by molar-refractivity contribution is 0.417. The summed E-state index contributed by atoms with van der Waals surface area (Å²) in [6.07, 6.45) is 0. The van der Waals surface area contributed by atoms with E-state index in [1.807, 2.05) is 0 Å². The van der Waals surface area contributed by atoms with Gasteiger partial charge in [0.2, 0.25) is 0 Å². The fraction of sp³-hybridized carbons (Fsp3) is 0.133. The van der Waals surface area contributed by atoms with Gasteiger partial charge < -0.3 is 9.15 Å². The zero-order valence-corrected chi connectivity index (χ0v) is 13.2. The molecule has 2 N–H and O–H groups in total. The summed E-state index contributed by atoms with van der Waals surface area (Å²) in [6, 6.07) is 9.56. The molecule has 2 aromatic carbocycles. The molecule has 0 atom stereocenters. The Morgan fingerprint density at radius 3 is 2.70 bits per heavy atom. The number of oxazole rings is 1. The Bertz CT molecular complexity index is 1030. The molecule has 23 heavy (non-hydrogen) atoms. The van der Waals surface area contributed by atoms with Crippen LogP contribution in [-0.4, -0.2) is 20.5 Å². The van der Waals surface area contributed by atoms with Gasteiger partial charge in [0.1, 0.15) is 5.75 Å². The van der Waals surface area contributed by atoms with Crippen molar-refractivity contribution in [3.8, 4) is 5.75 Å². The number of anilines is 1. The van der Waals surface area contributed by atoms with Crippen LogP contribution >= 0.6 is 0 Å². The fourth-order valence-corrected chi connectivity index (χ4v) is 3.62. The number of benzene rings is 2. The predicted octanol–water partition coefficient (Wildman–Crippen LogP) is 2.24. The summed E-state index contributed by atoms with van der Waals surface area (Å²) in [5, 5.41) is 0. The number of hydrogen-bond donors (Lipinski definition) is 2. The van der Waals surface area contributed by atoms with E-state index in [0.717, 1.165) is 0 Å². The van der Waals surface area contributed by atoms with E-state index in [0.29, 0.717) is 22.5 Å². The Balaban J connectivity index is 2.09. The number of nitrogens with one attached hydrogen (secondary N) is 2. The molecule has 0 bridgehead atoms. The molecule has 7 nitrogen and oxygen atoms in total. The Morgan fingerprint density at radius 1 is 1.22 bits per heavy atom. The first-order chi connectivity index (χ1) is 10.9. The maximum absolute atomic E-state index is 12.6. The molecule has 0 aliphatic heterocycles. The Kier molecular flexibility index (Phi) is 3.61. The molecule has 1 heterocycles. The van der Waals surface area contributed by atoms with Crippen LogP contribution in [0.1, 0.15) is 5.56 Å². The average molecular weight is 334 g/mol. The van der Waals surface area contributed by atoms with Crippen LogP contribution in [0.4, 0.5) is 5.69 Å². The van der Waals surface area contributed by atoms with Crippen LogP contribution in [0.15, 0.2) is 50.5 Å². The van der Waals surface area contributed by atoms with E-state index < -0.39 is 15.8 Å². The van der Waals surface area contributed by atoms with Crippen molar-refractivity contribution in [3.63, 3.8) is 0 Å². The molecule has 0 aliphatic carbocycles. The van der Waals surface area contributed by atoms with Crippen molar-refractivity contribution >= 4 is 26.8 Å². The molecule has 3 aromatic rings. The zero-order valence-electron chi connectivity index (χ0n) is 12.4. The Labute approximate surface area is 131 Å². The van der Waals surface area contributed by atoms with Crippen molar-refractivity contribution in [2.45, 2.75) is 11.8 Å². The highest BCUT2D eigenvalue weighted by molar-refractivity contribution is 7.92. The lowest BCUT2D eigenvalue weighted by Crippen LogP contribution is -2.14. The summed E-state index contributed by atoms with van der Waals surface area (Å²) in [6.45, 7) is 1.64. The number of fused-ring (bicyclic) bond motifs is 1. The maximum Gasteiger partial charge on any atom is 0.417 e. The summed E-state index contributed by atoms with van der Waals surface area (Å²) in [5.74, 6) is -0.227. The highest BCUT2D eigenvalue weighted by atomic mass is 32.2. The second-order valence-electron chi connectivity index (χ2n) is 4.93. The Hall–Kier alpha value is -2.74. The molecule has 0 saturated heterocycles. The van der Waals surface area contributed by atoms with Crippen molar-refractivity contribution in [3.05, 3.63) is 52.5 Å². The molecule has 0 aliphatic rings. The van der Waals surface area contributed by atoms with Gasteiger partial charge in [-0.3, -0.25) is 9.71 Å². The standard InChI is InChI=1S/C15H14N2O5S/c1-9-7-11-13(22-15(18)16-11)8-14(9)23(19,20)17-10-5-3-4-6-12(10)21-2/h3-8,17H,1-2H3,(H,16,18). The average Bonchev–Trinajstić information content (AvgIpc) is 2.85. The second kappa shape index (κ2) is 5.47. The second-order valence-corrected chi connectivity index (χ2v) is 6.58. The minimum atomic E-state index is -3.86. The van der Waals surface area contributed by atoms with Crippen molar-refractivity contribution in [1.82, 2.24) is 4.98 Å². The minimum absolute atomic E-state index is 0.0265. The van der Waals surface area contributed by atoms with Crippen molar-refractivity contribution in [1.29, 1.82) is 0 Å². The monoisotopic (exact) mass is 334 g/mol. The number of H-pyrrole nitrogens is 1. The molecule has 120 valence electrons. The van der Waals surface area contributed by atoms with Gasteiger partial charge in [0.25, 0.3) is 10.0 Å². The SMILES string of the molecule is COc1ccccc1NS(=O)(=O)c1cc2oc(=O)[nH]c2cc1C. The van der Waals surface area contributed by atoms with Crippen LogP contribution < -0.4 is 15.2 Å². The van der Waals surface area contributed by atoms with E-state index in [2.05, 4.69) is 9.71 Å². The van der Waals surface area contributed by atoms with E-state index >= 15 is 0 Å². The molecule has 8 heteroatoms. The number of hydrogen-bond acceptors (Lipinski definition) is 5. The van der Waals surface area contributed by atoms with Gasteiger partial charge in [0.15, 0.2) is 5.58 Å². The summed E-state index contributed by atoms with van der Waals surface area (Å²) in [4.78, 5) is 13.7. The number of sulfonamides is 1. The summed E-state index contributed by atoms with van der Waals surface area (Å²) in [5.41, 5.74) is 1.44. The highest BCUT2D eigenvalue weighted by Crippen LogP contribution is 2.28. The summed E-state index contributed by atoms with van der Waals surface area (Å²) < 4.78 is 37.8. The van der Waals surface area contributed by atoms with Gasteiger partial charge >= 0.3 is 5.76 Å². The van der Waals surface area contributed by atoms with E-state index in [-0.39, 0.29) is 10.5 Å². The van der Waals surface area contributed by atoms with Crippen molar-refractivity contribution < 1.29 is 17.6 Å². The highest BCUT2D eigenvalue weighted by Gasteiger charge is 2.20. The minimum Gasteiger partial charge on any atom is -0.495 e. The smallest absolute Gasteiger partial charge is 0.417 e. The molecule has 0 radical (unpaired) electrons. The molecule has 0 fully saturated rings. The first-order valence-corrected chi connectivity index (χ1v) is 8.18. The van der Waals surface area contributed by atoms with Gasteiger partial charge in [-0.1, -0.05) is 12.1 Å². The number of rotatable bonds is 4. The van der Waals surface area contributed by atoms with E-state index in [9.17, 15) is 13.2 Å². The van der Waals surface area contributed by atoms with E-state index in [1.165, 1.54) is 13.2 Å².